The minimum Gasteiger partial charge on any atom is -0.314 e. The molecule has 1 heteroatoms. The van der Waals surface area contributed by atoms with Crippen LogP contribution in [0.4, 0.5) is 0 Å². The predicted octanol–water partition coefficient (Wildman–Crippen LogP) is 2.71. The Hall–Kier alpha value is -0.820. The van der Waals surface area contributed by atoms with E-state index in [4.69, 9.17) is 0 Å². The van der Waals surface area contributed by atoms with Gasteiger partial charge < -0.3 is 5.32 Å². The van der Waals surface area contributed by atoms with Crippen molar-refractivity contribution >= 4 is 0 Å². The first-order valence-electron chi connectivity index (χ1n) is 5.64. The van der Waals surface area contributed by atoms with E-state index in [1.807, 2.05) is 0 Å². The molecule has 1 aliphatic carbocycles. The topological polar surface area (TPSA) is 12.0 Å². The first kappa shape index (κ1) is 9.72. The molecule has 0 aliphatic heterocycles. The minimum atomic E-state index is 0.614. The Bertz CT molecular complexity index is 306. The number of likely N-dealkylation sites (N-methyl/N-ethyl adjacent to an activating group) is 1. The number of nitrogens with one attached hydrogen (secondary N) is 1. The number of rotatable bonds is 3. The van der Waals surface area contributed by atoms with Crippen molar-refractivity contribution in [3.8, 4) is 0 Å². The minimum absolute atomic E-state index is 0.614. The first-order chi connectivity index (χ1) is 6.83. The van der Waals surface area contributed by atoms with Gasteiger partial charge in [-0.05, 0) is 43.4 Å². The Balaban J connectivity index is 2.17. The van der Waals surface area contributed by atoms with Gasteiger partial charge in [0.15, 0.2) is 0 Å². The van der Waals surface area contributed by atoms with E-state index in [1.165, 1.54) is 12.8 Å². The van der Waals surface area contributed by atoms with Crippen molar-refractivity contribution in [3.63, 3.8) is 0 Å². The summed E-state index contributed by atoms with van der Waals surface area (Å²) in [6.45, 7) is 5.55. The second-order valence-electron chi connectivity index (χ2n) is 4.19. The molecule has 0 heterocycles. The number of benzene rings is 1. The van der Waals surface area contributed by atoms with Gasteiger partial charge in [-0.15, -0.1) is 0 Å². The molecule has 2 unspecified atom stereocenters. The molecule has 2 atom stereocenters. The van der Waals surface area contributed by atoms with Crippen LogP contribution in [0.15, 0.2) is 24.3 Å². The lowest BCUT2D eigenvalue weighted by atomic mass is 9.94. The van der Waals surface area contributed by atoms with Crippen molar-refractivity contribution in [1.29, 1.82) is 0 Å². The Morgan fingerprint density at radius 3 is 3.00 bits per heavy atom. The van der Waals surface area contributed by atoms with Crippen molar-refractivity contribution in [1.82, 2.24) is 5.32 Å². The summed E-state index contributed by atoms with van der Waals surface area (Å²) in [6, 6.07) is 9.49. The summed E-state index contributed by atoms with van der Waals surface area (Å²) in [5, 5.41) is 3.53. The second kappa shape index (κ2) is 4.14. The molecular formula is C13H19N. The molecule has 1 aromatic carbocycles. The first-order valence-corrected chi connectivity index (χ1v) is 5.64. The molecule has 76 valence electrons. The molecule has 2 rings (SSSR count). The molecule has 0 saturated heterocycles. The number of hydrogen-bond acceptors (Lipinski definition) is 1. The van der Waals surface area contributed by atoms with Gasteiger partial charge in [-0.1, -0.05) is 31.2 Å². The molecule has 0 amide bonds. The lowest BCUT2D eigenvalue weighted by molar-refractivity contribution is 0.468. The molecule has 14 heavy (non-hydrogen) atoms. The maximum atomic E-state index is 3.53. The third kappa shape index (κ3) is 1.69. The van der Waals surface area contributed by atoms with E-state index in [1.54, 1.807) is 11.1 Å². The molecule has 0 aromatic heterocycles. The van der Waals surface area contributed by atoms with Crippen LogP contribution in [-0.2, 0) is 6.42 Å². The zero-order valence-electron chi connectivity index (χ0n) is 9.09. The molecule has 0 spiro atoms. The largest absolute Gasteiger partial charge is 0.314 e. The van der Waals surface area contributed by atoms with Gasteiger partial charge in [0.2, 0.25) is 0 Å². The summed E-state index contributed by atoms with van der Waals surface area (Å²) < 4.78 is 0. The number of hydrogen-bond donors (Lipinski definition) is 1. The Labute approximate surface area is 86.5 Å². The van der Waals surface area contributed by atoms with E-state index in [9.17, 15) is 0 Å². The van der Waals surface area contributed by atoms with Gasteiger partial charge >= 0.3 is 0 Å². The highest BCUT2D eigenvalue weighted by Gasteiger charge is 2.25. The highest BCUT2D eigenvalue weighted by Crippen LogP contribution is 2.34. The van der Waals surface area contributed by atoms with Crippen molar-refractivity contribution in [3.05, 3.63) is 35.4 Å². The number of fused-ring (bicyclic) bond motifs is 1. The summed E-state index contributed by atoms with van der Waals surface area (Å²) in [7, 11) is 0. The van der Waals surface area contributed by atoms with Crippen molar-refractivity contribution in [2.45, 2.75) is 38.6 Å². The zero-order valence-corrected chi connectivity index (χ0v) is 9.09. The molecule has 0 radical (unpaired) electrons. The van der Waals surface area contributed by atoms with Crippen LogP contribution in [0.2, 0.25) is 0 Å². The van der Waals surface area contributed by atoms with Crippen LogP contribution in [0.5, 0.6) is 0 Å². The molecular weight excluding hydrogens is 170 g/mol. The SMILES string of the molecule is CCNC(C)C1CCc2ccccc21. The van der Waals surface area contributed by atoms with E-state index in [2.05, 4.69) is 43.4 Å². The Morgan fingerprint density at radius 2 is 2.21 bits per heavy atom. The van der Waals surface area contributed by atoms with Crippen LogP contribution in [-0.4, -0.2) is 12.6 Å². The standard InChI is InChI=1S/C13H19N/c1-3-14-10(2)12-9-8-11-6-4-5-7-13(11)12/h4-7,10,12,14H,3,8-9H2,1-2H3. The molecule has 1 aromatic rings. The van der Waals surface area contributed by atoms with Gasteiger partial charge in [-0.2, -0.15) is 0 Å². The molecule has 0 fully saturated rings. The summed E-state index contributed by atoms with van der Waals surface area (Å²) in [5.41, 5.74) is 3.13. The molecule has 1 aliphatic rings. The highest BCUT2D eigenvalue weighted by molar-refractivity contribution is 5.35. The fourth-order valence-electron chi connectivity index (χ4n) is 2.57. The zero-order chi connectivity index (χ0) is 9.97. The average Bonchev–Trinajstić information content (AvgIpc) is 2.61. The van der Waals surface area contributed by atoms with Crippen LogP contribution >= 0.6 is 0 Å². The lowest BCUT2D eigenvalue weighted by Crippen LogP contribution is -2.30. The van der Waals surface area contributed by atoms with Crippen molar-refractivity contribution in [2.24, 2.45) is 0 Å². The molecule has 1 N–H and O–H groups in total. The van der Waals surface area contributed by atoms with Gasteiger partial charge in [-0.25, -0.2) is 0 Å². The van der Waals surface area contributed by atoms with E-state index >= 15 is 0 Å². The van der Waals surface area contributed by atoms with E-state index in [-0.39, 0.29) is 0 Å². The van der Waals surface area contributed by atoms with Crippen LogP contribution in [0.3, 0.4) is 0 Å². The number of aryl methyl sites for hydroxylation is 1. The van der Waals surface area contributed by atoms with Gasteiger partial charge in [-0.3, -0.25) is 0 Å². The highest BCUT2D eigenvalue weighted by atomic mass is 14.9. The third-order valence-electron chi connectivity index (χ3n) is 3.31. The second-order valence-corrected chi connectivity index (χ2v) is 4.19. The summed E-state index contributed by atoms with van der Waals surface area (Å²) in [4.78, 5) is 0. The molecule has 0 saturated carbocycles. The fourth-order valence-corrected chi connectivity index (χ4v) is 2.57. The maximum absolute atomic E-state index is 3.53. The third-order valence-corrected chi connectivity index (χ3v) is 3.31. The van der Waals surface area contributed by atoms with E-state index in [0.29, 0.717) is 6.04 Å². The molecule has 0 bridgehead atoms. The fraction of sp³-hybridized carbons (Fsp3) is 0.538. The smallest absolute Gasteiger partial charge is 0.0108 e. The summed E-state index contributed by atoms with van der Waals surface area (Å²) >= 11 is 0. The van der Waals surface area contributed by atoms with Crippen LogP contribution in [0.1, 0.15) is 37.3 Å². The van der Waals surface area contributed by atoms with Gasteiger partial charge in [0.05, 0.1) is 0 Å². The van der Waals surface area contributed by atoms with Crippen LogP contribution < -0.4 is 5.32 Å². The quantitative estimate of drug-likeness (QED) is 0.771. The molecule has 1 nitrogen and oxygen atoms in total. The normalized spacial score (nSPS) is 22.0. The summed E-state index contributed by atoms with van der Waals surface area (Å²) in [5.74, 6) is 0.728. The Kier molecular flexibility index (Phi) is 2.87. The van der Waals surface area contributed by atoms with Crippen LogP contribution in [0.25, 0.3) is 0 Å². The predicted molar refractivity (Wildman–Crippen MR) is 60.6 cm³/mol. The van der Waals surface area contributed by atoms with E-state index < -0.39 is 0 Å². The van der Waals surface area contributed by atoms with Gasteiger partial charge in [0, 0.05) is 6.04 Å². The van der Waals surface area contributed by atoms with Crippen LogP contribution in [0, 0.1) is 0 Å². The monoisotopic (exact) mass is 189 g/mol. The van der Waals surface area contributed by atoms with Gasteiger partial charge in [0.25, 0.3) is 0 Å². The van der Waals surface area contributed by atoms with Crippen molar-refractivity contribution < 1.29 is 0 Å². The lowest BCUT2D eigenvalue weighted by Gasteiger charge is -2.20. The maximum Gasteiger partial charge on any atom is 0.0108 e. The summed E-state index contributed by atoms with van der Waals surface area (Å²) in [6.07, 6.45) is 2.57. The Morgan fingerprint density at radius 1 is 1.43 bits per heavy atom. The average molecular weight is 189 g/mol. The van der Waals surface area contributed by atoms with Crippen molar-refractivity contribution in [2.75, 3.05) is 6.54 Å². The van der Waals surface area contributed by atoms with E-state index in [0.717, 1.165) is 12.5 Å². The van der Waals surface area contributed by atoms with Gasteiger partial charge in [0.1, 0.15) is 0 Å².